The van der Waals surface area contributed by atoms with Gasteiger partial charge in [-0.2, -0.15) is 0 Å². The molecule has 0 amide bonds. The lowest BCUT2D eigenvalue weighted by atomic mass is 9.99. The molecule has 0 spiro atoms. The first kappa shape index (κ1) is 38.1. The average Bonchev–Trinajstić information content (AvgIpc) is 3.69. The molecular weight excluding hydrogens is 648 g/mol. The fourth-order valence-corrected chi connectivity index (χ4v) is 7.30. The Balaban J connectivity index is 0.804. The highest BCUT2D eigenvalue weighted by Gasteiger charge is 2.62. The normalized spacial score (nSPS) is 40.8. The maximum Gasteiger partial charge on any atom is 0.190 e. The molecule has 4 N–H and O–H groups in total. The molecule has 6 aliphatic rings. The molecule has 0 radical (unpaired) electrons. The monoisotopic (exact) mass is 706 g/mol. The molecule has 0 aromatic carbocycles. The van der Waals surface area contributed by atoms with E-state index in [2.05, 4.69) is 10.6 Å². The number of aliphatic hydroxyl groups is 2. The summed E-state index contributed by atoms with van der Waals surface area (Å²) < 4.78 is 72.3. The Morgan fingerprint density at radius 1 is 0.551 bits per heavy atom. The molecular formula is C33H58N2O14. The van der Waals surface area contributed by atoms with Crippen LogP contribution in [0.15, 0.2) is 0 Å². The van der Waals surface area contributed by atoms with E-state index in [-0.39, 0.29) is 56.9 Å². The number of aliphatic hydroxyl groups excluding tert-OH is 2. The molecule has 6 rings (SSSR count). The first-order valence-corrected chi connectivity index (χ1v) is 17.7. The predicted octanol–water partition coefficient (Wildman–Crippen LogP) is 0.451. The van der Waals surface area contributed by atoms with Gasteiger partial charge in [0.2, 0.25) is 0 Å². The van der Waals surface area contributed by atoms with Gasteiger partial charge in [-0.3, -0.25) is 5.32 Å². The van der Waals surface area contributed by atoms with Gasteiger partial charge in [0.15, 0.2) is 35.7 Å². The van der Waals surface area contributed by atoms with E-state index in [0.717, 1.165) is 12.8 Å². The van der Waals surface area contributed by atoms with E-state index in [9.17, 15) is 10.2 Å². The van der Waals surface area contributed by atoms with Crippen molar-refractivity contribution in [2.45, 2.75) is 165 Å². The molecule has 6 saturated heterocycles. The fourth-order valence-electron chi connectivity index (χ4n) is 7.30. The van der Waals surface area contributed by atoms with Gasteiger partial charge >= 0.3 is 0 Å². The van der Waals surface area contributed by atoms with E-state index in [4.69, 9.17) is 56.8 Å². The van der Waals surface area contributed by atoms with Crippen LogP contribution in [0.2, 0.25) is 0 Å². The van der Waals surface area contributed by atoms with Gasteiger partial charge in [0, 0.05) is 6.54 Å². The molecule has 0 aliphatic carbocycles. The van der Waals surface area contributed by atoms with Crippen molar-refractivity contribution in [3.05, 3.63) is 0 Å². The Bertz CT molecular complexity index is 1010. The summed E-state index contributed by atoms with van der Waals surface area (Å²) in [6.07, 6.45) is -4.07. The molecule has 6 heterocycles. The van der Waals surface area contributed by atoms with Gasteiger partial charge in [0.05, 0.1) is 32.5 Å². The van der Waals surface area contributed by atoms with E-state index in [0.29, 0.717) is 19.6 Å². The van der Waals surface area contributed by atoms with Gasteiger partial charge in [-0.15, -0.1) is 0 Å². The Morgan fingerprint density at radius 2 is 0.980 bits per heavy atom. The lowest BCUT2D eigenvalue weighted by Gasteiger charge is -2.37. The van der Waals surface area contributed by atoms with Crippen LogP contribution < -0.4 is 10.6 Å². The van der Waals surface area contributed by atoms with Crippen molar-refractivity contribution in [1.29, 1.82) is 0 Å². The largest absolute Gasteiger partial charge is 0.389 e. The number of fused-ring (bicyclic) bond motifs is 6. The first-order valence-electron chi connectivity index (χ1n) is 17.7. The predicted molar refractivity (Wildman–Crippen MR) is 169 cm³/mol. The number of hydrogen-bond acceptors (Lipinski definition) is 16. The third kappa shape index (κ3) is 9.48. The van der Waals surface area contributed by atoms with E-state index in [1.54, 1.807) is 0 Å². The second-order valence-electron chi connectivity index (χ2n) is 15.5. The van der Waals surface area contributed by atoms with Crippen LogP contribution in [0.1, 0.15) is 68.2 Å². The van der Waals surface area contributed by atoms with Crippen molar-refractivity contribution >= 4 is 0 Å². The zero-order valence-corrected chi connectivity index (χ0v) is 30.1. The average molecular weight is 707 g/mol. The Hall–Kier alpha value is -0.640. The van der Waals surface area contributed by atoms with Crippen molar-refractivity contribution in [1.82, 2.24) is 10.6 Å². The second kappa shape index (κ2) is 15.0. The molecule has 16 heteroatoms. The summed E-state index contributed by atoms with van der Waals surface area (Å²) in [6, 6.07) is 0. The van der Waals surface area contributed by atoms with Gasteiger partial charge in [-0.25, -0.2) is 0 Å². The zero-order chi connectivity index (χ0) is 35.2. The van der Waals surface area contributed by atoms with Gasteiger partial charge in [0.25, 0.3) is 0 Å². The summed E-state index contributed by atoms with van der Waals surface area (Å²) >= 11 is 0. The Kier molecular flexibility index (Phi) is 11.7. The summed E-state index contributed by atoms with van der Waals surface area (Å²) in [4.78, 5) is 0. The summed E-state index contributed by atoms with van der Waals surface area (Å²) in [5, 5.41) is 27.1. The smallest absolute Gasteiger partial charge is 0.190 e. The zero-order valence-electron chi connectivity index (χ0n) is 30.1. The second-order valence-corrected chi connectivity index (χ2v) is 15.5. The van der Waals surface area contributed by atoms with Crippen LogP contribution in [0.5, 0.6) is 0 Å². The maximum absolute atomic E-state index is 10.4. The molecule has 49 heavy (non-hydrogen) atoms. The van der Waals surface area contributed by atoms with Gasteiger partial charge in [-0.1, -0.05) is 0 Å². The molecule has 0 aromatic heterocycles. The minimum absolute atomic E-state index is 0.0904. The highest BCUT2D eigenvalue weighted by molar-refractivity contribution is 5.01. The minimum atomic E-state index is -0.831. The number of hydrogen-bond donors (Lipinski definition) is 4. The fraction of sp³-hybridized carbons (Fsp3) is 1.00. The topological polar surface area (TPSA) is 175 Å². The SMILES string of the molecule is CC1(C)O[C@H]2OC(COCC(O)CNCCCCNC(O)COCC3O[C@@H]4OC(C)(C)O[C@@H]4[C@H]4OC(C)(C)O[C@@H]34)[C@@H]3OC(C)(C)O[C@@H]3[C@H]2O1. The van der Waals surface area contributed by atoms with Crippen molar-refractivity contribution in [2.75, 3.05) is 46.1 Å². The van der Waals surface area contributed by atoms with Crippen LogP contribution in [0, 0.1) is 0 Å². The van der Waals surface area contributed by atoms with Crippen molar-refractivity contribution in [2.24, 2.45) is 0 Å². The molecule has 4 unspecified atom stereocenters. The molecule has 0 saturated carbocycles. The van der Waals surface area contributed by atoms with Crippen molar-refractivity contribution < 1.29 is 67.1 Å². The molecule has 0 aromatic rings. The van der Waals surface area contributed by atoms with E-state index in [1.165, 1.54) is 0 Å². The number of unbranched alkanes of at least 4 members (excludes halogenated alkanes) is 1. The summed E-state index contributed by atoms with van der Waals surface area (Å²) in [5.74, 6) is -3.12. The quantitative estimate of drug-likeness (QED) is 0.129. The minimum Gasteiger partial charge on any atom is -0.389 e. The van der Waals surface area contributed by atoms with Crippen LogP contribution >= 0.6 is 0 Å². The summed E-state index contributed by atoms with van der Waals surface area (Å²) in [7, 11) is 0. The van der Waals surface area contributed by atoms with E-state index in [1.807, 2.05) is 55.4 Å². The third-order valence-electron chi connectivity index (χ3n) is 9.19. The summed E-state index contributed by atoms with van der Waals surface area (Å²) in [6.45, 7) is 17.2. The lowest BCUT2D eigenvalue weighted by Crippen LogP contribution is -2.56. The lowest BCUT2D eigenvalue weighted by molar-refractivity contribution is -0.244. The Morgan fingerprint density at radius 3 is 1.51 bits per heavy atom. The highest BCUT2D eigenvalue weighted by Crippen LogP contribution is 2.45. The standard InChI is InChI=1S/C33H58N2O14/c1-30(2)42-22-19(40-28-26(24(22)44-30)46-32(5,6)48-28)15-38-14-18(36)13-34-11-9-10-12-35-21(37)17-39-16-20-23-25(45-31(3,4)43-23)27-29(41-20)49-33(7,8)47-27/h18-29,34-37H,9-17H2,1-8H3/t18?,19?,20?,21?,22-,23-,24-,25-,26+,27+,28+,29+/m0/s1. The van der Waals surface area contributed by atoms with E-state index < -0.39 is 66.4 Å². The Labute approximate surface area is 288 Å². The van der Waals surface area contributed by atoms with Crippen LogP contribution in [0.25, 0.3) is 0 Å². The van der Waals surface area contributed by atoms with Gasteiger partial charge < -0.3 is 72.4 Å². The molecule has 6 aliphatic heterocycles. The van der Waals surface area contributed by atoms with Crippen LogP contribution in [-0.2, 0) is 56.8 Å². The molecule has 0 bridgehead atoms. The molecule has 12 atom stereocenters. The van der Waals surface area contributed by atoms with Crippen molar-refractivity contribution in [3.8, 4) is 0 Å². The maximum atomic E-state index is 10.4. The number of nitrogens with one attached hydrogen (secondary N) is 2. The van der Waals surface area contributed by atoms with Crippen molar-refractivity contribution in [3.63, 3.8) is 0 Å². The van der Waals surface area contributed by atoms with Crippen LogP contribution in [0.3, 0.4) is 0 Å². The van der Waals surface area contributed by atoms with Gasteiger partial charge in [0.1, 0.15) is 55.1 Å². The molecule has 284 valence electrons. The number of rotatable bonds is 16. The van der Waals surface area contributed by atoms with E-state index >= 15 is 0 Å². The number of ether oxygens (including phenoxy) is 12. The first-order chi connectivity index (χ1) is 23.0. The molecule has 16 nitrogen and oxygen atoms in total. The van der Waals surface area contributed by atoms with Crippen LogP contribution in [0.4, 0.5) is 0 Å². The third-order valence-corrected chi connectivity index (χ3v) is 9.19. The van der Waals surface area contributed by atoms with Crippen LogP contribution in [-0.4, -0.2) is 153 Å². The summed E-state index contributed by atoms with van der Waals surface area (Å²) in [5.41, 5.74) is 0. The van der Waals surface area contributed by atoms with Gasteiger partial charge in [-0.05, 0) is 81.3 Å². The molecule has 6 fully saturated rings. The highest BCUT2D eigenvalue weighted by atomic mass is 16.9.